The van der Waals surface area contributed by atoms with Gasteiger partial charge in [0.25, 0.3) is 36.3 Å². The summed E-state index contributed by atoms with van der Waals surface area (Å²) in [6, 6.07) is 2.90. The monoisotopic (exact) mass is 941 g/mol. The molecule has 0 unspecified atom stereocenters. The first-order valence-corrected chi connectivity index (χ1v) is 25.1. The summed E-state index contributed by atoms with van der Waals surface area (Å²) in [4.78, 5) is 13.2. The number of amides is 1. The van der Waals surface area contributed by atoms with Crippen molar-refractivity contribution in [1.82, 2.24) is 5.32 Å². The molecule has 0 aliphatic heterocycles. The lowest BCUT2D eigenvalue weighted by atomic mass is 10.0. The fraction of sp³-hybridized carbons (Fsp3) is 0.811. The van der Waals surface area contributed by atoms with Gasteiger partial charge in [0.1, 0.15) is 0 Å². The molecule has 1 aromatic carbocycles. The van der Waals surface area contributed by atoms with Gasteiger partial charge in [-0.1, -0.05) is 13.3 Å². The zero-order chi connectivity index (χ0) is 45.1. The molecule has 24 heteroatoms. The van der Waals surface area contributed by atoms with E-state index >= 15 is 0 Å². The average molecular weight is 942 g/mol. The molecule has 0 saturated heterocycles. The molecule has 358 valence electrons. The van der Waals surface area contributed by atoms with Gasteiger partial charge < -0.3 is 52.7 Å². The van der Waals surface area contributed by atoms with Crippen LogP contribution in [0.25, 0.3) is 0 Å². The Morgan fingerprint density at radius 3 is 1.31 bits per heavy atom. The molecule has 0 fully saturated rings. The first kappa shape index (κ1) is 56.7. The predicted octanol–water partition coefficient (Wildman–Crippen LogP) is 1.87. The van der Waals surface area contributed by atoms with Gasteiger partial charge in [-0.15, -0.1) is 0 Å². The van der Waals surface area contributed by atoms with Crippen LogP contribution in [0.5, 0.6) is 11.5 Å². The number of carbonyl (C=O) groups excluding carboxylic acids is 1. The number of unbranched alkanes of at least 4 members (excludes halogenated alkanes) is 2. The maximum atomic E-state index is 13.2. The minimum absolute atomic E-state index is 0.0393. The van der Waals surface area contributed by atoms with Gasteiger partial charge in [0, 0.05) is 18.7 Å². The summed E-state index contributed by atoms with van der Waals surface area (Å²) in [5.74, 6) is -1.93. The maximum Gasteiger partial charge on any atom is 0.264 e. The highest BCUT2D eigenvalue weighted by Crippen LogP contribution is 2.35. The second-order valence-electron chi connectivity index (χ2n) is 13.2. The zero-order valence-corrected chi connectivity index (χ0v) is 37.6. The molecule has 0 aromatic heterocycles. The van der Waals surface area contributed by atoms with Gasteiger partial charge >= 0.3 is 0 Å². The van der Waals surface area contributed by atoms with Crippen molar-refractivity contribution in [1.29, 1.82) is 0 Å². The van der Waals surface area contributed by atoms with Crippen LogP contribution in [0, 0.1) is 0 Å². The van der Waals surface area contributed by atoms with Gasteiger partial charge in [0.2, 0.25) is 0 Å². The van der Waals surface area contributed by atoms with Crippen LogP contribution < -0.4 is 14.8 Å². The standard InChI is InChI=1S/C37H67NO20S3/c1-2-10-49-14-16-51-18-20-53-22-24-55-26-27-56-25-23-54-21-19-52-17-15-50-13-9-38-37(39)34-31-33(8-4-3-5-28-59(40,41)42)36(58-12-7-30-61(46,47)48)35(32-34)57-11-6-29-60(43,44)45/h31-32H,2-30H2,1H3,(H,38,39)(H,40,41,42)(H,43,44,45)(H,46,47,48). The fourth-order valence-corrected chi connectivity index (χ4v) is 6.52. The largest absolute Gasteiger partial charge is 0.490 e. The van der Waals surface area contributed by atoms with Crippen molar-refractivity contribution < 1.29 is 91.1 Å². The topological polar surface area (TPSA) is 285 Å². The minimum Gasteiger partial charge on any atom is -0.490 e. The molecule has 0 aliphatic carbocycles. The molecule has 1 aromatic rings. The van der Waals surface area contributed by atoms with Crippen molar-refractivity contribution in [3.05, 3.63) is 23.3 Å². The normalized spacial score (nSPS) is 12.2. The van der Waals surface area contributed by atoms with E-state index in [9.17, 15) is 30.0 Å². The molecule has 0 spiro atoms. The van der Waals surface area contributed by atoms with E-state index in [0.29, 0.717) is 104 Å². The lowest BCUT2D eigenvalue weighted by Gasteiger charge is -2.18. The summed E-state index contributed by atoms with van der Waals surface area (Å²) >= 11 is 0. The van der Waals surface area contributed by atoms with Gasteiger partial charge in [-0.2, -0.15) is 25.3 Å². The number of aryl methyl sites for hydroxylation is 1. The predicted molar refractivity (Wildman–Crippen MR) is 223 cm³/mol. The Hall–Kier alpha value is -2.30. The Kier molecular flexibility index (Phi) is 32.6. The van der Waals surface area contributed by atoms with E-state index in [0.717, 1.165) is 13.0 Å². The van der Waals surface area contributed by atoms with Crippen LogP contribution in [-0.4, -0.2) is 188 Å². The van der Waals surface area contributed by atoms with Crippen molar-refractivity contribution >= 4 is 36.3 Å². The van der Waals surface area contributed by atoms with Gasteiger partial charge in [-0.3, -0.25) is 18.5 Å². The third kappa shape index (κ3) is 35.8. The van der Waals surface area contributed by atoms with E-state index < -0.39 is 53.5 Å². The molecule has 0 heterocycles. The Morgan fingerprint density at radius 2 is 0.885 bits per heavy atom. The van der Waals surface area contributed by atoms with Gasteiger partial charge in [0.05, 0.1) is 130 Å². The third-order valence-electron chi connectivity index (χ3n) is 7.82. The number of carbonyl (C=O) groups is 1. The molecule has 0 radical (unpaired) electrons. The van der Waals surface area contributed by atoms with E-state index in [4.69, 9.17) is 61.0 Å². The lowest BCUT2D eigenvalue weighted by Crippen LogP contribution is -2.28. The molecule has 21 nitrogen and oxygen atoms in total. The molecular weight excluding hydrogens is 875 g/mol. The van der Waals surface area contributed by atoms with Gasteiger partial charge in [-0.25, -0.2) is 0 Å². The van der Waals surface area contributed by atoms with Crippen LogP contribution in [0.1, 0.15) is 61.4 Å². The minimum atomic E-state index is -4.27. The smallest absolute Gasteiger partial charge is 0.264 e. The highest BCUT2D eigenvalue weighted by atomic mass is 32.2. The van der Waals surface area contributed by atoms with Crippen LogP contribution in [-0.2, 0) is 74.7 Å². The summed E-state index contributed by atoms with van der Waals surface area (Å²) in [5, 5.41) is 2.73. The molecule has 4 N–H and O–H groups in total. The Labute approximate surface area is 360 Å². The molecule has 1 amide bonds. The maximum absolute atomic E-state index is 13.2. The Bertz CT molecular complexity index is 1610. The Morgan fingerprint density at radius 1 is 0.492 bits per heavy atom. The van der Waals surface area contributed by atoms with E-state index in [1.165, 1.54) is 12.1 Å². The molecule has 0 bridgehead atoms. The van der Waals surface area contributed by atoms with Crippen LogP contribution in [0.3, 0.4) is 0 Å². The summed E-state index contributed by atoms with van der Waals surface area (Å²) in [6.07, 6.45) is 2.01. The Balaban J connectivity index is 2.41. The average Bonchev–Trinajstić information content (AvgIpc) is 3.18. The second-order valence-corrected chi connectivity index (χ2v) is 17.9. The number of hydrogen-bond acceptors (Lipinski definition) is 17. The highest BCUT2D eigenvalue weighted by Gasteiger charge is 2.19. The van der Waals surface area contributed by atoms with E-state index in [2.05, 4.69) is 12.2 Å². The van der Waals surface area contributed by atoms with Crippen LogP contribution in [0.4, 0.5) is 0 Å². The molecule has 0 saturated carbocycles. The van der Waals surface area contributed by atoms with Crippen molar-refractivity contribution in [3.63, 3.8) is 0 Å². The van der Waals surface area contributed by atoms with Crippen LogP contribution in [0.2, 0.25) is 0 Å². The van der Waals surface area contributed by atoms with Crippen molar-refractivity contribution in [2.75, 3.05) is 143 Å². The molecule has 61 heavy (non-hydrogen) atoms. The van der Waals surface area contributed by atoms with Crippen molar-refractivity contribution in [3.8, 4) is 11.5 Å². The summed E-state index contributed by atoms with van der Waals surface area (Å²) in [7, 11) is -12.7. The summed E-state index contributed by atoms with van der Waals surface area (Å²) in [6.45, 7) is 8.82. The lowest BCUT2D eigenvalue weighted by molar-refractivity contribution is -0.0230. The molecule has 1 rings (SSSR count). The van der Waals surface area contributed by atoms with Crippen LogP contribution >= 0.6 is 0 Å². The first-order valence-electron chi connectivity index (χ1n) is 20.3. The molecule has 0 aliphatic rings. The summed E-state index contributed by atoms with van der Waals surface area (Å²) in [5.41, 5.74) is 0.596. The van der Waals surface area contributed by atoms with Crippen LogP contribution in [0.15, 0.2) is 12.1 Å². The number of rotatable bonds is 43. The quantitative estimate of drug-likeness (QED) is 0.0537. The number of ether oxygens (including phenoxy) is 10. The number of hydrogen-bond donors (Lipinski definition) is 4. The second kappa shape index (κ2) is 35.1. The van der Waals surface area contributed by atoms with E-state index in [1.807, 2.05) is 0 Å². The number of benzene rings is 1. The fourth-order valence-electron chi connectivity index (χ4n) is 4.99. The van der Waals surface area contributed by atoms with Crippen molar-refractivity contribution in [2.24, 2.45) is 0 Å². The van der Waals surface area contributed by atoms with E-state index in [-0.39, 0.29) is 75.7 Å². The highest BCUT2D eigenvalue weighted by molar-refractivity contribution is 7.86. The summed E-state index contributed by atoms with van der Waals surface area (Å²) < 4.78 is 149. The van der Waals surface area contributed by atoms with Gasteiger partial charge in [-0.05, 0) is 56.2 Å². The number of nitrogens with one attached hydrogen (secondary N) is 1. The third-order valence-corrected chi connectivity index (χ3v) is 10.2. The van der Waals surface area contributed by atoms with Gasteiger partial charge in [0.15, 0.2) is 11.5 Å². The zero-order valence-electron chi connectivity index (χ0n) is 35.2. The SMILES string of the molecule is CCCOCCOCCOCCOCCOCCOCCOCCOCCNC(=O)c1cc(CCCCCS(=O)(=O)O)c(OCCCS(=O)(=O)O)c(OCCCS(=O)(=O)O)c1. The van der Waals surface area contributed by atoms with E-state index in [1.54, 1.807) is 0 Å². The molecular formula is C37H67NO20S3. The molecule has 0 atom stereocenters. The first-order chi connectivity index (χ1) is 29.1. The van der Waals surface area contributed by atoms with Crippen molar-refractivity contribution in [2.45, 2.75) is 51.9 Å².